The third-order valence-corrected chi connectivity index (χ3v) is 7.55. The van der Waals surface area contributed by atoms with E-state index in [1.165, 1.54) is 34.5 Å². The van der Waals surface area contributed by atoms with Crippen LogP contribution in [0.3, 0.4) is 0 Å². The number of esters is 1. The summed E-state index contributed by atoms with van der Waals surface area (Å²) in [6, 6.07) is 13.3. The van der Waals surface area contributed by atoms with Gasteiger partial charge in [-0.15, -0.1) is 0 Å². The molecule has 3 rings (SSSR count). The molecule has 10 heteroatoms. The lowest BCUT2D eigenvalue weighted by molar-refractivity contribution is -0.141. The molecule has 0 spiro atoms. The van der Waals surface area contributed by atoms with E-state index >= 15 is 0 Å². The molecule has 0 N–H and O–H groups in total. The Bertz CT molecular complexity index is 1100. The highest BCUT2D eigenvalue weighted by Crippen LogP contribution is 2.28. The molecule has 1 aliphatic rings. The highest BCUT2D eigenvalue weighted by molar-refractivity contribution is 7.89. The number of hydrogen-bond donors (Lipinski definition) is 0. The molecule has 2 aromatic carbocycles. The van der Waals surface area contributed by atoms with Gasteiger partial charge in [0, 0.05) is 25.2 Å². The van der Waals surface area contributed by atoms with Gasteiger partial charge in [-0.25, -0.2) is 8.42 Å². The van der Waals surface area contributed by atoms with Gasteiger partial charge in [0.05, 0.1) is 24.3 Å². The number of methoxy groups -OCH3 is 1. The van der Waals surface area contributed by atoms with Crippen LogP contribution in [0, 0.1) is 0 Å². The van der Waals surface area contributed by atoms with E-state index in [4.69, 9.17) is 21.1 Å². The Kier molecular flexibility index (Phi) is 8.12. The van der Waals surface area contributed by atoms with Gasteiger partial charge in [0.25, 0.3) is 5.91 Å². The van der Waals surface area contributed by atoms with Crippen molar-refractivity contribution in [2.24, 2.45) is 0 Å². The third-order valence-electron chi connectivity index (χ3n) is 5.23. The summed E-state index contributed by atoms with van der Waals surface area (Å²) >= 11 is 6.26. The molecule has 1 saturated heterocycles. The summed E-state index contributed by atoms with van der Waals surface area (Å²) < 4.78 is 38.4. The van der Waals surface area contributed by atoms with E-state index in [9.17, 15) is 18.0 Å². The molecule has 1 amide bonds. The highest BCUT2D eigenvalue weighted by atomic mass is 35.5. The molecule has 2 atom stereocenters. The number of rotatable bonds is 7. The van der Waals surface area contributed by atoms with Crippen LogP contribution in [-0.4, -0.2) is 68.5 Å². The average molecular weight is 495 g/mol. The van der Waals surface area contributed by atoms with Crippen molar-refractivity contribution >= 4 is 33.5 Å². The Labute approximate surface area is 199 Å². The van der Waals surface area contributed by atoms with Gasteiger partial charge < -0.3 is 14.4 Å². The van der Waals surface area contributed by atoms with Crippen molar-refractivity contribution in [3.05, 3.63) is 64.7 Å². The molecule has 0 aromatic heterocycles. The summed E-state index contributed by atoms with van der Waals surface area (Å²) in [6.45, 7) is 3.83. The Morgan fingerprint density at radius 2 is 1.76 bits per heavy atom. The van der Waals surface area contributed by atoms with Crippen LogP contribution in [0.5, 0.6) is 0 Å². The zero-order valence-corrected chi connectivity index (χ0v) is 20.3. The van der Waals surface area contributed by atoms with Gasteiger partial charge in [-0.2, -0.15) is 4.31 Å². The fraction of sp³-hybridized carbons (Fsp3) is 0.391. The second-order valence-corrected chi connectivity index (χ2v) is 10.3. The Balaban J connectivity index is 1.93. The maximum Gasteiger partial charge on any atom is 0.325 e. The molecule has 2 unspecified atom stereocenters. The highest BCUT2D eigenvalue weighted by Gasteiger charge is 2.34. The lowest BCUT2D eigenvalue weighted by Crippen LogP contribution is -2.48. The fourth-order valence-electron chi connectivity index (χ4n) is 3.71. The zero-order valence-electron chi connectivity index (χ0n) is 18.7. The van der Waals surface area contributed by atoms with Gasteiger partial charge in [-0.1, -0.05) is 41.9 Å². The van der Waals surface area contributed by atoms with Crippen molar-refractivity contribution in [2.75, 3.05) is 26.7 Å². The van der Waals surface area contributed by atoms with Crippen LogP contribution in [-0.2, 0) is 30.8 Å². The second kappa shape index (κ2) is 10.6. The van der Waals surface area contributed by atoms with Gasteiger partial charge >= 0.3 is 5.97 Å². The van der Waals surface area contributed by atoms with E-state index in [0.29, 0.717) is 0 Å². The molecule has 1 fully saturated rings. The Hall–Kier alpha value is -2.46. The number of hydrogen-bond acceptors (Lipinski definition) is 6. The topological polar surface area (TPSA) is 93.2 Å². The number of carbonyl (C=O) groups is 2. The van der Waals surface area contributed by atoms with Crippen molar-refractivity contribution in [3.8, 4) is 0 Å². The normalized spacial score (nSPS) is 19.2. The lowest BCUT2D eigenvalue weighted by Gasteiger charge is -2.34. The summed E-state index contributed by atoms with van der Waals surface area (Å²) in [7, 11) is -2.73. The molecule has 0 bridgehead atoms. The number of halogens is 1. The van der Waals surface area contributed by atoms with Crippen molar-refractivity contribution in [1.29, 1.82) is 0 Å². The van der Waals surface area contributed by atoms with E-state index in [0.717, 1.165) is 5.56 Å². The molecule has 0 saturated carbocycles. The van der Waals surface area contributed by atoms with E-state index in [1.807, 2.05) is 30.3 Å². The van der Waals surface area contributed by atoms with Gasteiger partial charge in [0.1, 0.15) is 11.4 Å². The quantitative estimate of drug-likeness (QED) is 0.549. The molecule has 33 heavy (non-hydrogen) atoms. The van der Waals surface area contributed by atoms with Crippen LogP contribution in [0.15, 0.2) is 53.4 Å². The van der Waals surface area contributed by atoms with Gasteiger partial charge in [-0.3, -0.25) is 9.59 Å². The predicted molar refractivity (Wildman–Crippen MR) is 123 cm³/mol. The monoisotopic (exact) mass is 494 g/mol. The van der Waals surface area contributed by atoms with Crippen molar-refractivity contribution in [2.45, 2.75) is 37.5 Å². The van der Waals surface area contributed by atoms with Crippen LogP contribution in [0.25, 0.3) is 0 Å². The zero-order chi connectivity index (χ0) is 24.2. The first-order chi connectivity index (χ1) is 15.6. The fourth-order valence-corrected chi connectivity index (χ4v) is 5.80. The first-order valence-electron chi connectivity index (χ1n) is 10.5. The number of morpholine rings is 1. The predicted octanol–water partition coefficient (Wildman–Crippen LogP) is 2.95. The second-order valence-electron chi connectivity index (χ2n) is 7.95. The number of nitrogens with zero attached hydrogens (tertiary/aromatic N) is 2. The molecule has 2 aromatic rings. The molecule has 1 aliphatic heterocycles. The third kappa shape index (κ3) is 6.11. The summed E-state index contributed by atoms with van der Waals surface area (Å²) in [5.41, 5.74) is 0.917. The van der Waals surface area contributed by atoms with Crippen LogP contribution < -0.4 is 0 Å². The number of amides is 1. The van der Waals surface area contributed by atoms with E-state index in [1.54, 1.807) is 13.8 Å². The van der Waals surface area contributed by atoms with Gasteiger partial charge in [0.15, 0.2) is 0 Å². The maximum atomic E-state index is 13.3. The summed E-state index contributed by atoms with van der Waals surface area (Å²) in [5.74, 6) is -1.10. The van der Waals surface area contributed by atoms with Crippen LogP contribution >= 0.6 is 11.6 Å². The van der Waals surface area contributed by atoms with Crippen molar-refractivity contribution in [1.82, 2.24) is 9.21 Å². The molecular weight excluding hydrogens is 468 g/mol. The van der Waals surface area contributed by atoms with E-state index in [-0.39, 0.29) is 53.9 Å². The number of benzene rings is 2. The summed E-state index contributed by atoms with van der Waals surface area (Å²) in [6.07, 6.45) is -0.540. The summed E-state index contributed by atoms with van der Waals surface area (Å²) in [5, 5.41) is 0.0147. The molecule has 1 heterocycles. The molecule has 178 valence electrons. The average Bonchev–Trinajstić information content (AvgIpc) is 2.78. The van der Waals surface area contributed by atoms with Gasteiger partial charge in [-0.05, 0) is 37.6 Å². The largest absolute Gasteiger partial charge is 0.468 e. The van der Waals surface area contributed by atoms with E-state index in [2.05, 4.69) is 0 Å². The SMILES string of the molecule is COC(=O)CN(Cc1ccccc1)C(=O)c1ccc(Cl)c(S(=O)(=O)N2CC(C)OC(C)C2)c1. The molecule has 8 nitrogen and oxygen atoms in total. The minimum atomic E-state index is -3.97. The number of carbonyl (C=O) groups excluding carboxylic acids is 2. The van der Waals surface area contributed by atoms with Crippen molar-refractivity contribution in [3.63, 3.8) is 0 Å². The lowest BCUT2D eigenvalue weighted by atomic mass is 10.1. The number of ether oxygens (including phenoxy) is 2. The maximum absolute atomic E-state index is 13.3. The van der Waals surface area contributed by atoms with Crippen molar-refractivity contribution < 1.29 is 27.5 Å². The standard InChI is InChI=1S/C23H27ClN2O6S/c1-16-12-26(13-17(2)32-16)33(29,30)21-11-19(9-10-20(21)24)23(28)25(15-22(27)31-3)14-18-7-5-4-6-8-18/h4-11,16-17H,12-15H2,1-3H3. The first kappa shape index (κ1) is 25.2. The Morgan fingerprint density at radius 1 is 1.12 bits per heavy atom. The molecular formula is C23H27ClN2O6S. The minimum absolute atomic E-state index is 0.0147. The molecule has 0 aliphatic carbocycles. The van der Waals surface area contributed by atoms with Gasteiger partial charge in [0.2, 0.25) is 10.0 Å². The number of sulfonamides is 1. The smallest absolute Gasteiger partial charge is 0.325 e. The van der Waals surface area contributed by atoms with E-state index < -0.39 is 21.9 Å². The van der Waals surface area contributed by atoms with Crippen LogP contribution in [0.4, 0.5) is 0 Å². The molecule has 0 radical (unpaired) electrons. The Morgan fingerprint density at radius 3 is 2.36 bits per heavy atom. The van der Waals surface area contributed by atoms with Crippen LogP contribution in [0.2, 0.25) is 5.02 Å². The summed E-state index contributed by atoms with van der Waals surface area (Å²) in [4.78, 5) is 26.4. The minimum Gasteiger partial charge on any atom is -0.468 e. The van der Waals surface area contributed by atoms with Crippen LogP contribution in [0.1, 0.15) is 29.8 Å². The first-order valence-corrected chi connectivity index (χ1v) is 12.3.